The Balaban J connectivity index is 2.17. The summed E-state index contributed by atoms with van der Waals surface area (Å²) in [5.74, 6) is 0.653. The van der Waals surface area contributed by atoms with Gasteiger partial charge in [0.15, 0.2) is 6.61 Å². The van der Waals surface area contributed by atoms with Crippen molar-refractivity contribution in [1.82, 2.24) is 0 Å². The molecule has 0 spiro atoms. The van der Waals surface area contributed by atoms with E-state index in [1.807, 2.05) is 12.1 Å². The maximum atomic E-state index is 12.3. The number of hydrogen-bond donors (Lipinski definition) is 0. The maximum Gasteiger partial charge on any atom is 0.349 e. The van der Waals surface area contributed by atoms with Gasteiger partial charge in [0.2, 0.25) is 0 Å². The fourth-order valence-corrected chi connectivity index (χ4v) is 3.35. The second-order valence-corrected chi connectivity index (χ2v) is 9.84. The van der Waals surface area contributed by atoms with Gasteiger partial charge < -0.3 is 9.47 Å². The van der Waals surface area contributed by atoms with E-state index in [9.17, 15) is 4.79 Å². The highest BCUT2D eigenvalue weighted by Crippen LogP contribution is 2.35. The summed E-state index contributed by atoms with van der Waals surface area (Å²) in [4.78, 5) is 12.3. The Morgan fingerprint density at radius 1 is 0.963 bits per heavy atom. The molecule has 0 N–H and O–H groups in total. The van der Waals surface area contributed by atoms with E-state index in [0.29, 0.717) is 21.0 Å². The van der Waals surface area contributed by atoms with Gasteiger partial charge in [-0.05, 0) is 56.6 Å². The molecule has 0 saturated heterocycles. The quantitative estimate of drug-likeness (QED) is 0.382. The van der Waals surface area contributed by atoms with Crippen molar-refractivity contribution in [2.24, 2.45) is 0 Å². The Hall–Kier alpha value is -1.52. The summed E-state index contributed by atoms with van der Waals surface area (Å²) in [6.07, 6.45) is 0. The molecular formula is C22H26BrClO3. The second kappa shape index (κ2) is 8.24. The van der Waals surface area contributed by atoms with Crippen molar-refractivity contribution in [3.8, 4) is 11.5 Å². The number of ether oxygens (including phenoxy) is 2. The molecule has 3 nitrogen and oxygen atoms in total. The molecule has 0 aliphatic carbocycles. The van der Waals surface area contributed by atoms with Gasteiger partial charge in [-0.2, -0.15) is 0 Å². The average molecular weight is 454 g/mol. The molecule has 0 saturated carbocycles. The van der Waals surface area contributed by atoms with Crippen molar-refractivity contribution in [2.45, 2.75) is 52.4 Å². The summed E-state index contributed by atoms with van der Waals surface area (Å²) in [7, 11) is 0. The smallest absolute Gasteiger partial charge is 0.349 e. The lowest BCUT2D eigenvalue weighted by Gasteiger charge is -2.26. The van der Waals surface area contributed by atoms with Crippen LogP contribution in [0, 0.1) is 0 Å². The van der Waals surface area contributed by atoms with Gasteiger partial charge in [-0.15, -0.1) is 0 Å². The zero-order valence-electron chi connectivity index (χ0n) is 16.7. The zero-order valence-corrected chi connectivity index (χ0v) is 19.0. The van der Waals surface area contributed by atoms with Crippen molar-refractivity contribution in [3.63, 3.8) is 0 Å². The van der Waals surface area contributed by atoms with Crippen molar-refractivity contribution in [3.05, 3.63) is 57.0 Å². The number of halogens is 2. The van der Waals surface area contributed by atoms with Crippen LogP contribution in [0.3, 0.4) is 0 Å². The molecular weight excluding hydrogens is 428 g/mol. The molecule has 5 heteroatoms. The number of carbonyl (C=O) groups excluding carboxylic acids is 1. The lowest BCUT2D eigenvalue weighted by molar-refractivity contribution is -0.136. The van der Waals surface area contributed by atoms with Gasteiger partial charge in [-0.3, -0.25) is 0 Å². The van der Waals surface area contributed by atoms with Crippen LogP contribution in [-0.4, -0.2) is 12.6 Å². The molecule has 2 rings (SSSR count). The third-order valence-electron chi connectivity index (χ3n) is 4.12. The van der Waals surface area contributed by atoms with Crippen LogP contribution in [0.15, 0.2) is 40.9 Å². The van der Waals surface area contributed by atoms with E-state index in [4.69, 9.17) is 21.1 Å². The van der Waals surface area contributed by atoms with Crippen molar-refractivity contribution < 1.29 is 14.3 Å². The van der Waals surface area contributed by atoms with Crippen LogP contribution in [0.4, 0.5) is 0 Å². The van der Waals surface area contributed by atoms with Crippen LogP contribution in [0.5, 0.6) is 11.5 Å². The van der Waals surface area contributed by atoms with Crippen LogP contribution >= 0.6 is 27.5 Å². The Kier molecular flexibility index (Phi) is 6.64. The largest absolute Gasteiger partial charge is 0.481 e. The Labute approximate surface area is 175 Å². The Morgan fingerprint density at radius 3 is 2.15 bits per heavy atom. The summed E-state index contributed by atoms with van der Waals surface area (Å²) in [6, 6.07) is 11.1. The highest BCUT2D eigenvalue weighted by molar-refractivity contribution is 9.10. The minimum absolute atomic E-state index is 0.0203. The highest BCUT2D eigenvalue weighted by atomic mass is 79.9. The van der Waals surface area contributed by atoms with Crippen LogP contribution in [0.1, 0.15) is 52.7 Å². The van der Waals surface area contributed by atoms with Gasteiger partial charge in [-0.25, -0.2) is 4.79 Å². The van der Waals surface area contributed by atoms with Crippen LogP contribution < -0.4 is 9.47 Å². The first-order chi connectivity index (χ1) is 12.4. The Bertz CT molecular complexity index is 832. The van der Waals surface area contributed by atoms with E-state index in [2.05, 4.69) is 63.5 Å². The molecule has 0 fully saturated rings. The van der Waals surface area contributed by atoms with Crippen LogP contribution in [0.2, 0.25) is 5.02 Å². The summed E-state index contributed by atoms with van der Waals surface area (Å²) >= 11 is 9.28. The van der Waals surface area contributed by atoms with Crippen LogP contribution in [0.25, 0.3) is 0 Å². The van der Waals surface area contributed by atoms with Crippen LogP contribution in [-0.2, 0) is 15.6 Å². The molecule has 0 amide bonds. The normalized spacial score (nSPS) is 12.0. The minimum Gasteiger partial charge on any atom is -0.481 e. The molecule has 0 aromatic heterocycles. The van der Waals surface area contributed by atoms with E-state index in [1.165, 1.54) is 5.56 Å². The molecule has 0 unspecified atom stereocenters. The number of benzene rings is 2. The topological polar surface area (TPSA) is 35.5 Å². The van der Waals surface area contributed by atoms with Gasteiger partial charge in [-0.1, -0.05) is 65.3 Å². The van der Waals surface area contributed by atoms with Crippen molar-refractivity contribution in [2.75, 3.05) is 6.61 Å². The van der Waals surface area contributed by atoms with E-state index in [1.54, 1.807) is 18.2 Å². The molecule has 0 bridgehead atoms. The minimum atomic E-state index is -0.453. The standard InChI is InChI=1S/C22H26BrClO3/c1-21(2,3)14-7-9-18(16(11-14)22(4,5)6)27-20(25)13-26-19-10-8-15(24)12-17(19)23/h7-12H,13H2,1-6H3. The molecule has 0 heterocycles. The number of rotatable bonds is 4. The van der Waals surface area contributed by atoms with E-state index in [0.717, 1.165) is 5.56 Å². The lowest BCUT2D eigenvalue weighted by atomic mass is 9.80. The molecule has 2 aromatic carbocycles. The van der Waals surface area contributed by atoms with E-state index < -0.39 is 5.97 Å². The highest BCUT2D eigenvalue weighted by Gasteiger charge is 2.24. The molecule has 0 aliphatic heterocycles. The van der Waals surface area contributed by atoms with E-state index >= 15 is 0 Å². The summed E-state index contributed by atoms with van der Waals surface area (Å²) in [5, 5.41) is 0.588. The SMILES string of the molecule is CC(C)(C)c1ccc(OC(=O)COc2ccc(Cl)cc2Br)c(C(C)(C)C)c1. The summed E-state index contributed by atoms with van der Waals surface area (Å²) < 4.78 is 11.9. The first kappa shape index (κ1) is 21.8. The number of esters is 1. The molecule has 27 heavy (non-hydrogen) atoms. The van der Waals surface area contributed by atoms with Gasteiger partial charge in [0, 0.05) is 10.6 Å². The van der Waals surface area contributed by atoms with Gasteiger partial charge >= 0.3 is 5.97 Å². The maximum absolute atomic E-state index is 12.3. The fourth-order valence-electron chi connectivity index (χ4n) is 2.55. The van der Waals surface area contributed by atoms with Crippen molar-refractivity contribution >= 4 is 33.5 Å². The summed E-state index contributed by atoms with van der Waals surface area (Å²) in [6.45, 7) is 12.6. The summed E-state index contributed by atoms with van der Waals surface area (Å²) in [5.41, 5.74) is 2.06. The van der Waals surface area contributed by atoms with Crippen molar-refractivity contribution in [1.29, 1.82) is 0 Å². The molecule has 0 atom stereocenters. The predicted octanol–water partition coefficient (Wildman–Crippen LogP) is 6.68. The number of carbonyl (C=O) groups is 1. The molecule has 146 valence electrons. The first-order valence-corrected chi connectivity index (χ1v) is 9.98. The zero-order chi connectivity index (χ0) is 20.4. The first-order valence-electron chi connectivity index (χ1n) is 8.81. The van der Waals surface area contributed by atoms with Gasteiger partial charge in [0.25, 0.3) is 0 Å². The second-order valence-electron chi connectivity index (χ2n) is 8.55. The average Bonchev–Trinajstić information content (AvgIpc) is 2.52. The third kappa shape index (κ3) is 5.98. The molecule has 0 aliphatic rings. The fraction of sp³-hybridized carbons (Fsp3) is 0.409. The monoisotopic (exact) mass is 452 g/mol. The van der Waals surface area contributed by atoms with Gasteiger partial charge in [0.05, 0.1) is 4.47 Å². The molecule has 2 aromatic rings. The third-order valence-corrected chi connectivity index (χ3v) is 4.97. The Morgan fingerprint density at radius 2 is 1.59 bits per heavy atom. The lowest BCUT2D eigenvalue weighted by Crippen LogP contribution is -2.22. The van der Waals surface area contributed by atoms with Gasteiger partial charge in [0.1, 0.15) is 11.5 Å². The number of hydrogen-bond acceptors (Lipinski definition) is 3. The molecule has 0 radical (unpaired) electrons. The predicted molar refractivity (Wildman–Crippen MR) is 114 cm³/mol. The van der Waals surface area contributed by atoms with E-state index in [-0.39, 0.29) is 17.4 Å².